The van der Waals surface area contributed by atoms with Gasteiger partial charge in [0.25, 0.3) is 0 Å². The average molecular weight is 391 g/mol. The topological polar surface area (TPSA) is 74.1 Å². The van der Waals surface area contributed by atoms with Gasteiger partial charge in [0.2, 0.25) is 15.9 Å². The Morgan fingerprint density at radius 1 is 1.11 bits per heavy atom. The number of hydrogen-bond acceptors (Lipinski definition) is 5. The van der Waals surface area contributed by atoms with Gasteiger partial charge in [0, 0.05) is 33.2 Å². The number of likely N-dealkylation sites (N-methyl/N-ethyl adjacent to an activating group) is 1. The molecule has 0 N–H and O–H groups in total. The van der Waals surface area contributed by atoms with Crippen LogP contribution in [0, 0.1) is 6.92 Å². The van der Waals surface area contributed by atoms with Crippen LogP contribution in [0.4, 0.5) is 0 Å². The second-order valence-corrected chi connectivity index (χ2v) is 8.76. The van der Waals surface area contributed by atoms with Gasteiger partial charge in [-0.1, -0.05) is 17.7 Å². The van der Waals surface area contributed by atoms with Crippen molar-refractivity contribution in [1.82, 2.24) is 14.1 Å². The van der Waals surface area contributed by atoms with Gasteiger partial charge in [-0.05, 0) is 31.2 Å². The lowest BCUT2D eigenvalue weighted by atomic mass is 10.2. The van der Waals surface area contributed by atoms with Crippen LogP contribution in [0.15, 0.2) is 52.0 Å². The number of benzene rings is 1. The van der Waals surface area contributed by atoms with Gasteiger partial charge in [-0.15, -0.1) is 0 Å². The zero-order chi connectivity index (χ0) is 19.4. The summed E-state index contributed by atoms with van der Waals surface area (Å²) in [6.07, 6.45) is 1.58. The fraction of sp³-hybridized carbons (Fsp3) is 0.421. The average Bonchev–Trinajstić information content (AvgIpc) is 3.15. The summed E-state index contributed by atoms with van der Waals surface area (Å²) in [6.45, 7) is 4.45. The summed E-state index contributed by atoms with van der Waals surface area (Å²) in [4.78, 5) is 16.3. The Labute approximate surface area is 160 Å². The highest BCUT2D eigenvalue weighted by atomic mass is 32.2. The van der Waals surface area contributed by atoms with Crippen LogP contribution < -0.4 is 0 Å². The number of piperazine rings is 1. The molecule has 1 aliphatic rings. The Balaban J connectivity index is 1.52. The number of carbonyl (C=O) groups excluding carboxylic acids is 1. The second-order valence-electron chi connectivity index (χ2n) is 6.82. The molecule has 1 amide bonds. The summed E-state index contributed by atoms with van der Waals surface area (Å²) < 4.78 is 32.2. The molecule has 2 aromatic rings. The van der Waals surface area contributed by atoms with E-state index in [-0.39, 0.29) is 12.5 Å². The van der Waals surface area contributed by atoms with Crippen molar-refractivity contribution in [3.63, 3.8) is 0 Å². The molecule has 2 heterocycles. The van der Waals surface area contributed by atoms with Crippen molar-refractivity contribution in [2.75, 3.05) is 39.8 Å². The Kier molecular flexibility index (Phi) is 5.98. The molecule has 7 nitrogen and oxygen atoms in total. The quantitative estimate of drug-likeness (QED) is 0.747. The number of carbonyl (C=O) groups is 1. The van der Waals surface area contributed by atoms with Crippen molar-refractivity contribution in [1.29, 1.82) is 0 Å². The summed E-state index contributed by atoms with van der Waals surface area (Å²) in [7, 11) is -1.74. The third-order valence-corrected chi connectivity index (χ3v) is 6.66. The molecule has 146 valence electrons. The van der Waals surface area contributed by atoms with Crippen LogP contribution in [-0.4, -0.2) is 68.2 Å². The minimum atomic E-state index is -3.48. The van der Waals surface area contributed by atoms with E-state index in [1.54, 1.807) is 48.5 Å². The van der Waals surface area contributed by atoms with Gasteiger partial charge in [-0.25, -0.2) is 8.42 Å². The molecule has 0 radical (unpaired) electrons. The van der Waals surface area contributed by atoms with Gasteiger partial charge in [-0.2, -0.15) is 4.31 Å². The van der Waals surface area contributed by atoms with Gasteiger partial charge >= 0.3 is 0 Å². The van der Waals surface area contributed by atoms with Gasteiger partial charge < -0.3 is 9.32 Å². The third kappa shape index (κ3) is 4.77. The molecule has 0 spiro atoms. The standard InChI is InChI=1S/C19H25N3O4S/c1-16-5-7-18(8-6-16)27(24,25)22-11-9-21(10-12-22)15-19(23)20(2)14-17-4-3-13-26-17/h3-8,13H,9-12,14-15H2,1-2H3. The van der Waals surface area contributed by atoms with E-state index < -0.39 is 10.0 Å². The normalized spacial score (nSPS) is 16.4. The first-order valence-corrected chi connectivity index (χ1v) is 10.4. The molecular weight excluding hydrogens is 366 g/mol. The predicted molar refractivity (Wildman–Crippen MR) is 102 cm³/mol. The zero-order valence-electron chi connectivity index (χ0n) is 15.7. The first-order valence-electron chi connectivity index (χ1n) is 8.92. The van der Waals surface area contributed by atoms with Crippen LogP contribution in [0.25, 0.3) is 0 Å². The maximum absolute atomic E-state index is 12.7. The Morgan fingerprint density at radius 2 is 1.78 bits per heavy atom. The Bertz CT molecular complexity index is 855. The lowest BCUT2D eigenvalue weighted by molar-refractivity contribution is -0.132. The van der Waals surface area contributed by atoms with E-state index >= 15 is 0 Å². The highest BCUT2D eigenvalue weighted by molar-refractivity contribution is 7.89. The number of furan rings is 1. The SMILES string of the molecule is Cc1ccc(S(=O)(=O)N2CCN(CC(=O)N(C)Cc3ccco3)CC2)cc1. The highest BCUT2D eigenvalue weighted by Gasteiger charge is 2.29. The van der Waals surface area contributed by atoms with Gasteiger partial charge in [-0.3, -0.25) is 9.69 Å². The van der Waals surface area contributed by atoms with Crippen molar-refractivity contribution in [2.24, 2.45) is 0 Å². The molecule has 0 saturated carbocycles. The van der Waals surface area contributed by atoms with Crippen LogP contribution in [0.3, 0.4) is 0 Å². The minimum Gasteiger partial charge on any atom is -0.467 e. The number of sulfonamides is 1. The van der Waals surface area contributed by atoms with Gasteiger partial charge in [0.1, 0.15) is 5.76 Å². The summed E-state index contributed by atoms with van der Waals surface area (Å²) >= 11 is 0. The van der Waals surface area contributed by atoms with Crippen molar-refractivity contribution < 1.29 is 17.6 Å². The molecule has 1 saturated heterocycles. The number of aryl methyl sites for hydroxylation is 1. The molecule has 1 aromatic heterocycles. The molecule has 0 unspecified atom stereocenters. The van der Waals surface area contributed by atoms with Crippen LogP contribution in [-0.2, 0) is 21.4 Å². The van der Waals surface area contributed by atoms with Crippen molar-refractivity contribution >= 4 is 15.9 Å². The molecule has 1 fully saturated rings. The molecule has 1 aliphatic heterocycles. The van der Waals surface area contributed by atoms with Gasteiger partial charge in [0.15, 0.2) is 0 Å². The van der Waals surface area contributed by atoms with E-state index in [9.17, 15) is 13.2 Å². The Hall–Kier alpha value is -2.16. The van der Waals surface area contributed by atoms with Crippen LogP contribution in [0.2, 0.25) is 0 Å². The van der Waals surface area contributed by atoms with Gasteiger partial charge in [0.05, 0.1) is 24.2 Å². The maximum atomic E-state index is 12.7. The van der Waals surface area contributed by atoms with Crippen molar-refractivity contribution in [2.45, 2.75) is 18.4 Å². The number of amides is 1. The number of rotatable bonds is 6. The maximum Gasteiger partial charge on any atom is 0.243 e. The second kappa shape index (κ2) is 8.24. The lowest BCUT2D eigenvalue weighted by Gasteiger charge is -2.34. The number of hydrogen-bond donors (Lipinski definition) is 0. The monoisotopic (exact) mass is 391 g/mol. The van der Waals surface area contributed by atoms with E-state index in [2.05, 4.69) is 0 Å². The summed E-state index contributed by atoms with van der Waals surface area (Å²) in [5, 5.41) is 0. The van der Waals surface area contributed by atoms with E-state index in [1.807, 2.05) is 17.9 Å². The first-order chi connectivity index (χ1) is 12.9. The van der Waals surface area contributed by atoms with E-state index in [0.717, 1.165) is 11.3 Å². The summed E-state index contributed by atoms with van der Waals surface area (Å²) in [6, 6.07) is 10.5. The van der Waals surface area contributed by atoms with Crippen LogP contribution in [0.5, 0.6) is 0 Å². The van der Waals surface area contributed by atoms with Crippen molar-refractivity contribution in [3.05, 3.63) is 54.0 Å². The number of nitrogens with zero attached hydrogens (tertiary/aromatic N) is 3. The molecule has 0 bridgehead atoms. The lowest BCUT2D eigenvalue weighted by Crippen LogP contribution is -2.51. The molecule has 1 aromatic carbocycles. The van der Waals surface area contributed by atoms with Crippen molar-refractivity contribution in [3.8, 4) is 0 Å². The molecular formula is C19H25N3O4S. The third-order valence-electron chi connectivity index (χ3n) is 4.75. The Morgan fingerprint density at radius 3 is 2.37 bits per heavy atom. The fourth-order valence-corrected chi connectivity index (χ4v) is 4.45. The zero-order valence-corrected chi connectivity index (χ0v) is 16.5. The molecule has 0 atom stereocenters. The molecule has 27 heavy (non-hydrogen) atoms. The molecule has 3 rings (SSSR count). The predicted octanol–water partition coefficient (Wildman–Crippen LogP) is 1.55. The van der Waals surface area contributed by atoms with E-state index in [0.29, 0.717) is 37.6 Å². The summed E-state index contributed by atoms with van der Waals surface area (Å²) in [5.74, 6) is 0.723. The van der Waals surface area contributed by atoms with E-state index in [1.165, 1.54) is 4.31 Å². The largest absolute Gasteiger partial charge is 0.467 e. The molecule has 0 aliphatic carbocycles. The highest BCUT2D eigenvalue weighted by Crippen LogP contribution is 2.18. The minimum absolute atomic E-state index is 0.0127. The van der Waals surface area contributed by atoms with Crippen LogP contribution >= 0.6 is 0 Å². The van der Waals surface area contributed by atoms with Crippen LogP contribution in [0.1, 0.15) is 11.3 Å². The summed E-state index contributed by atoms with van der Waals surface area (Å²) in [5.41, 5.74) is 1.02. The fourth-order valence-electron chi connectivity index (χ4n) is 3.02. The molecule has 8 heteroatoms. The van der Waals surface area contributed by atoms with E-state index in [4.69, 9.17) is 4.42 Å². The first kappa shape index (κ1) is 19.6. The smallest absolute Gasteiger partial charge is 0.243 e.